The second-order valence-corrected chi connectivity index (χ2v) is 10.4. The second-order valence-electron chi connectivity index (χ2n) is 8.96. The van der Waals surface area contributed by atoms with Gasteiger partial charge in [-0.25, -0.2) is 0 Å². The van der Waals surface area contributed by atoms with Gasteiger partial charge in [-0.2, -0.15) is 31.0 Å². The summed E-state index contributed by atoms with van der Waals surface area (Å²) in [5.41, 5.74) is 0.609. The second kappa shape index (κ2) is 9.18. The number of ether oxygens (including phenoxy) is 2. The van der Waals surface area contributed by atoms with Crippen molar-refractivity contribution in [3.63, 3.8) is 0 Å². The van der Waals surface area contributed by atoms with Gasteiger partial charge in [-0.3, -0.25) is 4.68 Å². The highest BCUT2D eigenvalue weighted by molar-refractivity contribution is 7.87. The normalized spacial score (nSPS) is 17.6. The number of hydrogen-bond acceptors (Lipinski definition) is 5. The van der Waals surface area contributed by atoms with E-state index in [1.54, 1.807) is 10.7 Å². The highest BCUT2D eigenvalue weighted by Crippen LogP contribution is 2.35. The third-order valence-corrected chi connectivity index (χ3v) is 7.40. The van der Waals surface area contributed by atoms with Crippen molar-refractivity contribution in [2.75, 3.05) is 13.2 Å². The maximum Gasteiger partial charge on any atom is 0.416 e. The van der Waals surface area contributed by atoms with Gasteiger partial charge in [0.1, 0.15) is 11.3 Å². The molecule has 2 N–H and O–H groups in total. The smallest absolute Gasteiger partial charge is 0.416 e. The molecule has 8 nitrogen and oxygen atoms in total. The Bertz CT molecular complexity index is 1350. The van der Waals surface area contributed by atoms with Gasteiger partial charge >= 0.3 is 6.18 Å². The molecule has 1 saturated heterocycles. The molecular weight excluding hydrogens is 497 g/mol. The lowest BCUT2D eigenvalue weighted by Crippen LogP contribution is -2.61. The third kappa shape index (κ3) is 5.26. The van der Waals surface area contributed by atoms with Crippen LogP contribution in [0.5, 0.6) is 11.6 Å². The van der Waals surface area contributed by atoms with Gasteiger partial charge in [0.2, 0.25) is 5.88 Å². The van der Waals surface area contributed by atoms with Crippen LogP contribution in [0.1, 0.15) is 30.9 Å². The molecule has 192 valence electrons. The molecule has 2 aliphatic rings. The lowest BCUT2D eigenvalue weighted by atomic mass is 9.88. The van der Waals surface area contributed by atoms with Crippen LogP contribution in [-0.4, -0.2) is 37.5 Å². The average Bonchev–Trinajstić information content (AvgIpc) is 3.51. The summed E-state index contributed by atoms with van der Waals surface area (Å²) in [6, 6.07) is 13.5. The van der Waals surface area contributed by atoms with Gasteiger partial charge in [0.15, 0.2) is 0 Å². The van der Waals surface area contributed by atoms with Crippen molar-refractivity contribution in [2.45, 2.75) is 44.1 Å². The number of nitrogens with one attached hydrogen (secondary N) is 2. The molecule has 1 aromatic heterocycles. The van der Waals surface area contributed by atoms with E-state index in [1.807, 2.05) is 31.2 Å². The van der Waals surface area contributed by atoms with Crippen molar-refractivity contribution in [3.8, 4) is 22.9 Å². The Morgan fingerprint density at radius 3 is 2.44 bits per heavy atom. The van der Waals surface area contributed by atoms with Crippen LogP contribution in [0.3, 0.4) is 0 Å². The minimum absolute atomic E-state index is 0.0196. The molecule has 2 aromatic carbocycles. The van der Waals surface area contributed by atoms with Gasteiger partial charge in [0.05, 0.1) is 24.5 Å². The summed E-state index contributed by atoms with van der Waals surface area (Å²) in [5.74, 6) is 0.459. The monoisotopic (exact) mass is 522 g/mol. The third-order valence-electron chi connectivity index (χ3n) is 6.10. The summed E-state index contributed by atoms with van der Waals surface area (Å²) >= 11 is 0. The van der Waals surface area contributed by atoms with Crippen molar-refractivity contribution in [2.24, 2.45) is 0 Å². The number of aryl methyl sites for hydroxylation is 1. The van der Waals surface area contributed by atoms with E-state index < -0.39 is 27.5 Å². The van der Waals surface area contributed by atoms with E-state index in [4.69, 9.17) is 9.47 Å². The highest BCUT2D eigenvalue weighted by Gasteiger charge is 2.44. The summed E-state index contributed by atoms with van der Waals surface area (Å²) in [4.78, 5) is 0. The molecule has 36 heavy (non-hydrogen) atoms. The van der Waals surface area contributed by atoms with Crippen LogP contribution in [0.4, 0.5) is 13.2 Å². The van der Waals surface area contributed by atoms with Crippen LogP contribution >= 0.6 is 0 Å². The van der Waals surface area contributed by atoms with Gasteiger partial charge < -0.3 is 9.47 Å². The SMILES string of the molecule is CCn1nc(Oc2ccc(C(F)(F)F)cc2)cc1-c1cccc(C2(NS(=O)(=O)NC3CC3)COC2)c1. The molecular formula is C24H25F3N4O4S. The zero-order valence-corrected chi connectivity index (χ0v) is 20.2. The molecule has 2 heterocycles. The minimum Gasteiger partial charge on any atom is -0.438 e. The lowest BCUT2D eigenvalue weighted by molar-refractivity contribution is -0.137. The highest BCUT2D eigenvalue weighted by atomic mass is 32.2. The summed E-state index contributed by atoms with van der Waals surface area (Å²) in [6.45, 7) is 2.83. The fourth-order valence-corrected chi connectivity index (χ4v) is 5.51. The number of hydrogen-bond donors (Lipinski definition) is 2. The summed E-state index contributed by atoms with van der Waals surface area (Å²) in [7, 11) is -3.71. The summed E-state index contributed by atoms with van der Waals surface area (Å²) in [5, 5.41) is 4.42. The minimum atomic E-state index is -4.43. The zero-order valence-electron chi connectivity index (χ0n) is 19.4. The zero-order chi connectivity index (χ0) is 25.6. The van der Waals surface area contributed by atoms with E-state index in [0.717, 1.165) is 41.8 Å². The Kier molecular flexibility index (Phi) is 6.31. The number of benzene rings is 2. The van der Waals surface area contributed by atoms with Crippen molar-refractivity contribution in [3.05, 3.63) is 65.7 Å². The molecule has 0 atom stereocenters. The topological polar surface area (TPSA) is 94.5 Å². The Hall–Kier alpha value is -2.93. The maximum absolute atomic E-state index is 12.8. The fourth-order valence-electron chi connectivity index (χ4n) is 4.02. The predicted molar refractivity (Wildman–Crippen MR) is 126 cm³/mol. The summed E-state index contributed by atoms with van der Waals surface area (Å²) < 4.78 is 81.9. The first-order valence-electron chi connectivity index (χ1n) is 11.5. The van der Waals surface area contributed by atoms with E-state index in [9.17, 15) is 21.6 Å². The van der Waals surface area contributed by atoms with Gasteiger partial charge in [-0.05, 0) is 55.7 Å². The van der Waals surface area contributed by atoms with Crippen LogP contribution in [0.15, 0.2) is 54.6 Å². The molecule has 5 rings (SSSR count). The standard InChI is InChI=1S/C24H25F3N4O4S/c1-2-31-21(13-22(28-31)35-20-10-6-17(7-11-20)24(25,26)27)16-4-3-5-18(12-16)23(14-34-15-23)30-36(32,33)29-19-8-9-19/h3-7,10-13,19,29-30H,2,8-9,14-15H2,1H3. The van der Waals surface area contributed by atoms with Gasteiger partial charge in [-0.1, -0.05) is 18.2 Å². The number of aromatic nitrogens is 2. The molecule has 1 aliphatic heterocycles. The van der Waals surface area contributed by atoms with Crippen molar-refractivity contribution in [1.82, 2.24) is 19.2 Å². The molecule has 0 bridgehead atoms. The largest absolute Gasteiger partial charge is 0.438 e. The maximum atomic E-state index is 12.8. The van der Waals surface area contributed by atoms with E-state index >= 15 is 0 Å². The van der Waals surface area contributed by atoms with Crippen LogP contribution in [0, 0.1) is 0 Å². The Morgan fingerprint density at radius 2 is 1.86 bits per heavy atom. The van der Waals surface area contributed by atoms with Crippen LogP contribution in [0.25, 0.3) is 11.3 Å². The van der Waals surface area contributed by atoms with Gasteiger partial charge in [0, 0.05) is 24.2 Å². The van der Waals surface area contributed by atoms with Crippen molar-refractivity contribution < 1.29 is 31.1 Å². The van der Waals surface area contributed by atoms with Crippen molar-refractivity contribution >= 4 is 10.2 Å². The number of rotatable bonds is 9. The first-order chi connectivity index (χ1) is 17.1. The molecule has 1 saturated carbocycles. The van der Waals surface area contributed by atoms with E-state index in [1.165, 1.54) is 12.1 Å². The molecule has 12 heteroatoms. The molecule has 0 unspecified atom stereocenters. The van der Waals surface area contributed by atoms with Gasteiger partial charge in [0.25, 0.3) is 10.2 Å². The van der Waals surface area contributed by atoms with E-state index in [2.05, 4.69) is 14.5 Å². The Morgan fingerprint density at radius 1 is 1.14 bits per heavy atom. The number of nitrogens with zero attached hydrogens (tertiary/aromatic N) is 2. The predicted octanol–water partition coefficient (Wildman–Crippen LogP) is 4.19. The average molecular weight is 523 g/mol. The first-order valence-corrected chi connectivity index (χ1v) is 13.0. The lowest BCUT2D eigenvalue weighted by Gasteiger charge is -2.42. The van der Waals surface area contributed by atoms with Crippen LogP contribution < -0.4 is 14.2 Å². The number of alkyl halides is 3. The van der Waals surface area contributed by atoms with Gasteiger partial charge in [-0.15, -0.1) is 5.10 Å². The van der Waals surface area contributed by atoms with Crippen LogP contribution in [0.2, 0.25) is 0 Å². The number of halogens is 3. The molecule has 0 radical (unpaired) electrons. The Balaban J connectivity index is 1.39. The van der Waals surface area contributed by atoms with E-state index in [0.29, 0.717) is 6.54 Å². The molecule has 1 aliphatic carbocycles. The van der Waals surface area contributed by atoms with E-state index in [-0.39, 0.29) is 30.9 Å². The summed E-state index contributed by atoms with van der Waals surface area (Å²) in [6.07, 6.45) is -2.76. The fraction of sp³-hybridized carbons (Fsp3) is 0.375. The van der Waals surface area contributed by atoms with Crippen LogP contribution in [-0.2, 0) is 33.2 Å². The molecule has 0 amide bonds. The molecule has 3 aromatic rings. The quantitative estimate of drug-likeness (QED) is 0.440. The molecule has 2 fully saturated rings. The Labute approximate surface area is 206 Å². The first kappa shape index (κ1) is 24.8. The van der Waals surface area contributed by atoms with Crippen molar-refractivity contribution in [1.29, 1.82) is 0 Å². The molecule has 0 spiro atoms.